The van der Waals surface area contributed by atoms with Crippen LogP contribution in [0.3, 0.4) is 0 Å². The van der Waals surface area contributed by atoms with Crippen LogP contribution in [0, 0.1) is 0 Å². The van der Waals surface area contributed by atoms with E-state index in [1.165, 1.54) is 6.42 Å². The van der Waals surface area contributed by atoms with Crippen molar-refractivity contribution >= 4 is 0 Å². The van der Waals surface area contributed by atoms with Gasteiger partial charge in [-0.2, -0.15) is 0 Å². The Morgan fingerprint density at radius 1 is 0.480 bits per heavy atom. The minimum Gasteiger partial charge on any atom is -0.396 e. The fraction of sp³-hybridized carbons (Fsp3) is 0.500. The van der Waals surface area contributed by atoms with Crippen LogP contribution in [-0.4, -0.2) is 11.7 Å². The molecular weight excluding hydrogens is 304 g/mol. The second kappa shape index (κ2) is 22.4. The largest absolute Gasteiger partial charge is 0.396 e. The van der Waals surface area contributed by atoms with Crippen LogP contribution in [-0.2, 0) is 0 Å². The second-order valence-electron chi connectivity index (χ2n) is 5.99. The summed E-state index contributed by atoms with van der Waals surface area (Å²) >= 11 is 0. The van der Waals surface area contributed by atoms with Crippen molar-refractivity contribution in [1.29, 1.82) is 0 Å². The number of hydrogen-bond donors (Lipinski definition) is 1. The number of allylic oxidation sites excluding steroid dienone is 12. The minimum absolute atomic E-state index is 0.323. The van der Waals surface area contributed by atoms with Gasteiger partial charge in [-0.05, 0) is 57.8 Å². The molecule has 0 aliphatic carbocycles. The Labute approximate surface area is 156 Å². The monoisotopic (exact) mass is 342 g/mol. The zero-order valence-corrected chi connectivity index (χ0v) is 16.2. The molecule has 0 aliphatic rings. The molecule has 0 aromatic rings. The highest BCUT2D eigenvalue weighted by Gasteiger charge is 1.84. The van der Waals surface area contributed by atoms with Crippen LogP contribution >= 0.6 is 0 Å². The maximum absolute atomic E-state index is 8.68. The van der Waals surface area contributed by atoms with Gasteiger partial charge in [0.05, 0.1) is 0 Å². The first-order chi connectivity index (χ1) is 12.4. The van der Waals surface area contributed by atoms with E-state index in [1.54, 1.807) is 0 Å². The van der Waals surface area contributed by atoms with Crippen molar-refractivity contribution in [2.45, 2.75) is 71.1 Å². The topological polar surface area (TPSA) is 20.2 Å². The van der Waals surface area contributed by atoms with Crippen molar-refractivity contribution in [1.82, 2.24) is 0 Å². The van der Waals surface area contributed by atoms with Crippen LogP contribution in [0.5, 0.6) is 0 Å². The third kappa shape index (κ3) is 22.4. The SMILES string of the molecule is CCC=CCC=CCC=CCC=CCC=CCC=CCCCCCO. The molecule has 1 nitrogen and oxygen atoms in total. The zero-order valence-electron chi connectivity index (χ0n) is 16.2. The Balaban J connectivity index is 3.45. The van der Waals surface area contributed by atoms with Gasteiger partial charge in [0.1, 0.15) is 0 Å². The van der Waals surface area contributed by atoms with Crippen molar-refractivity contribution in [2.24, 2.45) is 0 Å². The normalized spacial score (nSPS) is 13.2. The maximum atomic E-state index is 8.68. The molecule has 0 fully saturated rings. The summed E-state index contributed by atoms with van der Waals surface area (Å²) in [4.78, 5) is 0. The van der Waals surface area contributed by atoms with Crippen molar-refractivity contribution < 1.29 is 5.11 Å². The number of unbranched alkanes of at least 4 members (excludes halogenated alkanes) is 3. The summed E-state index contributed by atoms with van der Waals surface area (Å²) in [6, 6.07) is 0. The molecule has 0 atom stereocenters. The van der Waals surface area contributed by atoms with Crippen LogP contribution in [0.2, 0.25) is 0 Å². The summed E-state index contributed by atoms with van der Waals surface area (Å²) in [6.45, 7) is 2.48. The standard InChI is InChI=1S/C24H38O/c1-2-3-4-5-6-7-8-9-10-11-12-13-14-15-16-17-18-19-20-21-22-23-24-25/h3-4,6-7,9-10,12-13,15-16,18-19,25H,2,5,8,11,14,17,20-24H2,1H3. The summed E-state index contributed by atoms with van der Waals surface area (Å²) in [6.07, 6.45) is 37.3. The molecular formula is C24H38O. The third-order valence-electron chi connectivity index (χ3n) is 3.63. The van der Waals surface area contributed by atoms with Gasteiger partial charge in [-0.3, -0.25) is 0 Å². The zero-order chi connectivity index (χ0) is 18.3. The lowest BCUT2D eigenvalue weighted by Crippen LogP contribution is -1.81. The Hall–Kier alpha value is -1.60. The highest BCUT2D eigenvalue weighted by molar-refractivity contribution is 5.01. The van der Waals surface area contributed by atoms with Gasteiger partial charge < -0.3 is 5.11 Å². The Morgan fingerprint density at radius 3 is 1.28 bits per heavy atom. The first-order valence-corrected chi connectivity index (χ1v) is 9.92. The molecule has 0 saturated carbocycles. The van der Waals surface area contributed by atoms with Crippen molar-refractivity contribution in [2.75, 3.05) is 6.61 Å². The molecule has 25 heavy (non-hydrogen) atoms. The van der Waals surface area contributed by atoms with E-state index in [0.717, 1.165) is 57.8 Å². The minimum atomic E-state index is 0.323. The van der Waals surface area contributed by atoms with Crippen LogP contribution in [0.1, 0.15) is 71.1 Å². The summed E-state index contributed by atoms with van der Waals surface area (Å²) in [7, 11) is 0. The molecule has 1 N–H and O–H groups in total. The van der Waals surface area contributed by atoms with Crippen molar-refractivity contribution in [3.8, 4) is 0 Å². The van der Waals surface area contributed by atoms with E-state index in [4.69, 9.17) is 5.11 Å². The maximum Gasteiger partial charge on any atom is 0.0431 e. The molecule has 0 spiro atoms. The predicted octanol–water partition coefficient (Wildman–Crippen LogP) is 7.24. The molecule has 140 valence electrons. The Bertz CT molecular complexity index is 421. The van der Waals surface area contributed by atoms with E-state index in [0.29, 0.717) is 6.61 Å². The highest BCUT2D eigenvalue weighted by atomic mass is 16.2. The van der Waals surface area contributed by atoms with Gasteiger partial charge in [0.15, 0.2) is 0 Å². The third-order valence-corrected chi connectivity index (χ3v) is 3.63. The van der Waals surface area contributed by atoms with Crippen LogP contribution in [0.4, 0.5) is 0 Å². The highest BCUT2D eigenvalue weighted by Crippen LogP contribution is 2.01. The molecule has 0 unspecified atom stereocenters. The average Bonchev–Trinajstić information content (AvgIpc) is 2.63. The molecule has 1 heteroatoms. The molecule has 0 radical (unpaired) electrons. The van der Waals surface area contributed by atoms with E-state index >= 15 is 0 Å². The van der Waals surface area contributed by atoms with E-state index in [9.17, 15) is 0 Å². The Kier molecular flexibility index (Phi) is 21.0. The lowest BCUT2D eigenvalue weighted by atomic mass is 10.2. The van der Waals surface area contributed by atoms with Gasteiger partial charge in [0.25, 0.3) is 0 Å². The summed E-state index contributed by atoms with van der Waals surface area (Å²) in [5.41, 5.74) is 0. The fourth-order valence-corrected chi connectivity index (χ4v) is 2.19. The molecule has 0 heterocycles. The van der Waals surface area contributed by atoms with E-state index in [1.807, 2.05) is 0 Å². The van der Waals surface area contributed by atoms with Gasteiger partial charge >= 0.3 is 0 Å². The predicted molar refractivity (Wildman–Crippen MR) is 114 cm³/mol. The molecule has 0 aromatic heterocycles. The van der Waals surface area contributed by atoms with Crippen molar-refractivity contribution in [3.63, 3.8) is 0 Å². The van der Waals surface area contributed by atoms with Gasteiger partial charge in [0, 0.05) is 6.61 Å². The number of rotatable bonds is 16. The summed E-state index contributed by atoms with van der Waals surface area (Å²) < 4.78 is 0. The van der Waals surface area contributed by atoms with E-state index in [-0.39, 0.29) is 0 Å². The number of aliphatic hydroxyl groups is 1. The van der Waals surface area contributed by atoms with Crippen LogP contribution in [0.25, 0.3) is 0 Å². The second-order valence-corrected chi connectivity index (χ2v) is 5.99. The first-order valence-electron chi connectivity index (χ1n) is 9.92. The Morgan fingerprint density at radius 2 is 0.880 bits per heavy atom. The van der Waals surface area contributed by atoms with E-state index < -0.39 is 0 Å². The molecule has 0 rings (SSSR count). The summed E-state index contributed by atoms with van der Waals surface area (Å²) in [5, 5.41) is 8.68. The molecule has 0 aromatic carbocycles. The van der Waals surface area contributed by atoms with E-state index in [2.05, 4.69) is 79.8 Å². The van der Waals surface area contributed by atoms with Crippen LogP contribution < -0.4 is 0 Å². The first kappa shape index (κ1) is 23.4. The fourth-order valence-electron chi connectivity index (χ4n) is 2.19. The van der Waals surface area contributed by atoms with Crippen molar-refractivity contribution in [3.05, 3.63) is 72.9 Å². The van der Waals surface area contributed by atoms with Gasteiger partial charge in [0.2, 0.25) is 0 Å². The number of hydrogen-bond acceptors (Lipinski definition) is 1. The molecule has 0 bridgehead atoms. The average molecular weight is 343 g/mol. The number of aliphatic hydroxyl groups excluding tert-OH is 1. The lowest BCUT2D eigenvalue weighted by molar-refractivity contribution is 0.283. The molecule has 0 saturated heterocycles. The van der Waals surface area contributed by atoms with Gasteiger partial charge in [-0.25, -0.2) is 0 Å². The molecule has 0 amide bonds. The smallest absolute Gasteiger partial charge is 0.0431 e. The van der Waals surface area contributed by atoms with Gasteiger partial charge in [-0.15, -0.1) is 0 Å². The lowest BCUT2D eigenvalue weighted by Gasteiger charge is -1.93. The van der Waals surface area contributed by atoms with Crippen LogP contribution in [0.15, 0.2) is 72.9 Å². The summed E-state index contributed by atoms with van der Waals surface area (Å²) in [5.74, 6) is 0. The van der Waals surface area contributed by atoms with Gasteiger partial charge in [-0.1, -0.05) is 86.3 Å². The quantitative estimate of drug-likeness (QED) is 0.231. The molecule has 0 aliphatic heterocycles.